The Morgan fingerprint density at radius 3 is 2.57 bits per heavy atom. The molecule has 4 aromatic rings. The summed E-state index contributed by atoms with van der Waals surface area (Å²) in [5.41, 5.74) is 4.78. The molecule has 0 amide bonds. The van der Waals surface area contributed by atoms with Crippen molar-refractivity contribution in [3.63, 3.8) is 0 Å². The summed E-state index contributed by atoms with van der Waals surface area (Å²) in [5, 5.41) is 6.84. The maximum atomic E-state index is 13.4. The van der Waals surface area contributed by atoms with Gasteiger partial charge < -0.3 is 0 Å². The van der Waals surface area contributed by atoms with Crippen LogP contribution in [0.4, 0.5) is 4.39 Å². The van der Waals surface area contributed by atoms with Crippen molar-refractivity contribution < 1.29 is 4.39 Å². The van der Waals surface area contributed by atoms with Gasteiger partial charge in [0.1, 0.15) is 5.82 Å². The highest BCUT2D eigenvalue weighted by molar-refractivity contribution is 7.07. The zero-order chi connectivity index (χ0) is 20.8. The van der Waals surface area contributed by atoms with E-state index in [1.54, 1.807) is 24.5 Å². The lowest BCUT2D eigenvalue weighted by molar-refractivity contribution is 0.628. The molecule has 0 aliphatic heterocycles. The Hall–Kier alpha value is -3.38. The average molecular weight is 417 g/mol. The van der Waals surface area contributed by atoms with Crippen molar-refractivity contribution in [1.82, 2.24) is 9.66 Å². The molecule has 0 atom stereocenters. The van der Waals surface area contributed by atoms with Crippen LogP contribution in [-0.2, 0) is 6.42 Å². The number of hydrogen-bond acceptors (Lipinski definition) is 4. The van der Waals surface area contributed by atoms with E-state index in [1.807, 2.05) is 47.3 Å². The molecule has 0 radical (unpaired) electrons. The van der Waals surface area contributed by atoms with Gasteiger partial charge in [-0.1, -0.05) is 36.4 Å². The van der Waals surface area contributed by atoms with Crippen LogP contribution in [0.15, 0.2) is 94.6 Å². The van der Waals surface area contributed by atoms with Gasteiger partial charge in [0, 0.05) is 35.4 Å². The number of halogens is 1. The fourth-order valence-electron chi connectivity index (χ4n) is 3.03. The highest BCUT2D eigenvalue weighted by atomic mass is 32.1. The van der Waals surface area contributed by atoms with Crippen LogP contribution in [0, 0.1) is 5.82 Å². The molecule has 150 valence electrons. The molecule has 2 aromatic heterocycles. The van der Waals surface area contributed by atoms with E-state index in [4.69, 9.17) is 10.1 Å². The molecule has 4 nitrogen and oxygen atoms in total. The maximum Gasteiger partial charge on any atom is 0.206 e. The Kier molecular flexibility index (Phi) is 6.25. The number of thiazole rings is 1. The van der Waals surface area contributed by atoms with Crippen molar-refractivity contribution >= 4 is 17.0 Å². The number of rotatable bonds is 6. The third-order valence-corrected chi connectivity index (χ3v) is 5.50. The van der Waals surface area contributed by atoms with Gasteiger partial charge in [0.05, 0.1) is 11.4 Å². The van der Waals surface area contributed by atoms with E-state index in [-0.39, 0.29) is 5.82 Å². The average Bonchev–Trinajstić information content (AvgIpc) is 3.18. The van der Waals surface area contributed by atoms with E-state index < -0.39 is 0 Å². The second-order valence-corrected chi connectivity index (χ2v) is 7.60. The largest absolute Gasteiger partial charge is 0.264 e. The van der Waals surface area contributed by atoms with E-state index in [1.165, 1.54) is 29.0 Å². The van der Waals surface area contributed by atoms with E-state index in [9.17, 15) is 4.39 Å². The second kappa shape index (κ2) is 9.41. The summed E-state index contributed by atoms with van der Waals surface area (Å²) in [4.78, 5) is 9.77. The SMILES string of the molecule is CC(=Nn1c(-c2ccc(F)cc2)csc1=NCCc1ccccc1)c1cccnc1. The van der Waals surface area contributed by atoms with Crippen molar-refractivity contribution in [2.45, 2.75) is 13.3 Å². The van der Waals surface area contributed by atoms with Crippen molar-refractivity contribution in [3.8, 4) is 11.3 Å². The highest BCUT2D eigenvalue weighted by Crippen LogP contribution is 2.21. The minimum absolute atomic E-state index is 0.261. The lowest BCUT2D eigenvalue weighted by atomic mass is 10.2. The molecule has 0 aliphatic rings. The van der Waals surface area contributed by atoms with Gasteiger partial charge in [-0.2, -0.15) is 5.10 Å². The van der Waals surface area contributed by atoms with Crippen LogP contribution in [0.2, 0.25) is 0 Å². The van der Waals surface area contributed by atoms with Gasteiger partial charge in [0.15, 0.2) is 0 Å². The predicted molar refractivity (Wildman–Crippen MR) is 120 cm³/mol. The van der Waals surface area contributed by atoms with Gasteiger partial charge >= 0.3 is 0 Å². The minimum Gasteiger partial charge on any atom is -0.264 e. The van der Waals surface area contributed by atoms with Crippen molar-refractivity contribution in [3.05, 3.63) is 106 Å². The third-order valence-electron chi connectivity index (χ3n) is 4.65. The summed E-state index contributed by atoms with van der Waals surface area (Å²) in [5.74, 6) is -0.261. The van der Waals surface area contributed by atoms with Crippen LogP contribution < -0.4 is 4.80 Å². The Morgan fingerprint density at radius 1 is 1.03 bits per heavy atom. The molecule has 0 unspecified atom stereocenters. The maximum absolute atomic E-state index is 13.4. The number of hydrogen-bond donors (Lipinski definition) is 0. The molecule has 0 aliphatic carbocycles. The summed E-state index contributed by atoms with van der Waals surface area (Å²) in [6.45, 7) is 2.61. The Labute approximate surface area is 178 Å². The summed E-state index contributed by atoms with van der Waals surface area (Å²) >= 11 is 1.53. The van der Waals surface area contributed by atoms with Crippen LogP contribution >= 0.6 is 11.3 Å². The quantitative estimate of drug-likeness (QED) is 0.400. The molecule has 6 heteroatoms. The van der Waals surface area contributed by atoms with E-state index in [0.717, 1.165) is 33.8 Å². The summed E-state index contributed by atoms with van der Waals surface area (Å²) < 4.78 is 15.2. The zero-order valence-corrected chi connectivity index (χ0v) is 17.4. The highest BCUT2D eigenvalue weighted by Gasteiger charge is 2.09. The Morgan fingerprint density at radius 2 is 1.83 bits per heavy atom. The molecule has 30 heavy (non-hydrogen) atoms. The topological polar surface area (TPSA) is 42.5 Å². The predicted octanol–water partition coefficient (Wildman–Crippen LogP) is 5.17. The molecule has 4 rings (SSSR count). The molecule has 0 bridgehead atoms. The standard InChI is InChI=1S/C24H21FN4S/c1-18(21-8-5-14-26-16-21)28-29-23(20-9-11-22(25)12-10-20)17-30-24(29)27-15-13-19-6-3-2-4-7-19/h2-12,14,16-17H,13,15H2,1H3. The van der Waals surface area contributed by atoms with E-state index in [0.29, 0.717) is 6.54 Å². The fraction of sp³-hybridized carbons (Fsp3) is 0.125. The van der Waals surface area contributed by atoms with Crippen molar-refractivity contribution in [1.29, 1.82) is 0 Å². The van der Waals surface area contributed by atoms with E-state index >= 15 is 0 Å². The van der Waals surface area contributed by atoms with Gasteiger partial charge in [-0.05, 0) is 49.2 Å². The van der Waals surface area contributed by atoms with Gasteiger partial charge in [-0.25, -0.2) is 9.07 Å². The Bertz CT molecular complexity index is 1190. The van der Waals surface area contributed by atoms with Gasteiger partial charge in [-0.15, -0.1) is 11.3 Å². The first-order chi connectivity index (χ1) is 14.7. The number of aromatic nitrogens is 2. The van der Waals surface area contributed by atoms with Gasteiger partial charge in [0.2, 0.25) is 4.80 Å². The smallest absolute Gasteiger partial charge is 0.206 e. The molecular weight excluding hydrogens is 395 g/mol. The van der Waals surface area contributed by atoms with Crippen LogP contribution in [-0.4, -0.2) is 21.9 Å². The molecule has 0 N–H and O–H groups in total. The molecule has 0 saturated carbocycles. The molecule has 0 spiro atoms. The lowest BCUT2D eigenvalue weighted by Crippen LogP contribution is -2.15. The summed E-state index contributed by atoms with van der Waals surface area (Å²) in [7, 11) is 0. The monoisotopic (exact) mass is 416 g/mol. The van der Waals surface area contributed by atoms with Crippen LogP contribution in [0.25, 0.3) is 11.3 Å². The van der Waals surface area contributed by atoms with Crippen LogP contribution in [0.1, 0.15) is 18.1 Å². The van der Waals surface area contributed by atoms with Gasteiger partial charge in [-0.3, -0.25) is 9.98 Å². The van der Waals surface area contributed by atoms with Crippen molar-refractivity contribution in [2.24, 2.45) is 10.1 Å². The normalized spacial score (nSPS) is 12.3. The first-order valence-corrected chi connectivity index (χ1v) is 10.6. The first-order valence-electron chi connectivity index (χ1n) is 9.67. The molecule has 2 heterocycles. The van der Waals surface area contributed by atoms with Gasteiger partial charge in [0.25, 0.3) is 0 Å². The van der Waals surface area contributed by atoms with Crippen LogP contribution in [0.5, 0.6) is 0 Å². The fourth-order valence-corrected chi connectivity index (χ4v) is 3.89. The Balaban J connectivity index is 1.72. The lowest BCUT2D eigenvalue weighted by Gasteiger charge is -2.06. The zero-order valence-electron chi connectivity index (χ0n) is 16.6. The molecular formula is C24H21FN4S. The first kappa shape index (κ1) is 19.9. The summed E-state index contributed by atoms with van der Waals surface area (Å²) in [6, 6.07) is 20.6. The second-order valence-electron chi connectivity index (χ2n) is 6.77. The van der Waals surface area contributed by atoms with E-state index in [2.05, 4.69) is 17.1 Å². The molecule has 0 saturated heterocycles. The minimum atomic E-state index is -0.261. The molecule has 2 aromatic carbocycles. The van der Waals surface area contributed by atoms with Crippen molar-refractivity contribution in [2.75, 3.05) is 6.54 Å². The summed E-state index contributed by atoms with van der Waals surface area (Å²) in [6.07, 6.45) is 4.38. The number of pyridine rings is 1. The third kappa shape index (κ3) is 4.78. The number of benzene rings is 2. The molecule has 0 fully saturated rings. The number of nitrogens with zero attached hydrogens (tertiary/aromatic N) is 4. The van der Waals surface area contributed by atoms with Crippen LogP contribution in [0.3, 0.4) is 0 Å².